The minimum absolute atomic E-state index is 0.0326. The average molecular weight is 407 g/mol. The SMILES string of the molecule is CCOC(=O)N1CCN(C(=O)Cn2nc(C)c3c(-c4ccccc4)ccnc32)CC1. The maximum atomic E-state index is 12.9. The van der Waals surface area contributed by atoms with Crippen LogP contribution in [0, 0.1) is 6.92 Å². The lowest BCUT2D eigenvalue weighted by molar-refractivity contribution is -0.133. The van der Waals surface area contributed by atoms with E-state index in [4.69, 9.17) is 4.74 Å². The van der Waals surface area contributed by atoms with E-state index in [-0.39, 0.29) is 18.5 Å². The Morgan fingerprint density at radius 2 is 1.73 bits per heavy atom. The molecule has 1 aliphatic rings. The Morgan fingerprint density at radius 1 is 1.03 bits per heavy atom. The van der Waals surface area contributed by atoms with E-state index in [2.05, 4.69) is 22.2 Å². The summed E-state index contributed by atoms with van der Waals surface area (Å²) in [4.78, 5) is 32.6. The normalized spacial score (nSPS) is 14.2. The van der Waals surface area contributed by atoms with Crippen LogP contribution in [0.4, 0.5) is 4.79 Å². The minimum Gasteiger partial charge on any atom is -0.450 e. The third-order valence-electron chi connectivity index (χ3n) is 5.34. The molecule has 4 rings (SSSR count). The van der Waals surface area contributed by atoms with Gasteiger partial charge < -0.3 is 14.5 Å². The van der Waals surface area contributed by atoms with Gasteiger partial charge in [0.15, 0.2) is 5.65 Å². The van der Waals surface area contributed by atoms with Gasteiger partial charge in [-0.2, -0.15) is 5.10 Å². The molecular formula is C22H25N5O3. The number of rotatable bonds is 4. The molecule has 1 fully saturated rings. The van der Waals surface area contributed by atoms with Gasteiger partial charge >= 0.3 is 6.09 Å². The molecule has 0 bridgehead atoms. The van der Waals surface area contributed by atoms with Gasteiger partial charge in [-0.25, -0.2) is 14.5 Å². The Bertz CT molecular complexity index is 1060. The van der Waals surface area contributed by atoms with Crippen molar-refractivity contribution in [2.24, 2.45) is 0 Å². The monoisotopic (exact) mass is 407 g/mol. The minimum atomic E-state index is -0.323. The molecule has 0 aliphatic carbocycles. The highest BCUT2D eigenvalue weighted by Crippen LogP contribution is 2.29. The number of hydrogen-bond donors (Lipinski definition) is 0. The fourth-order valence-electron chi connectivity index (χ4n) is 3.83. The van der Waals surface area contributed by atoms with Crippen LogP contribution in [0.3, 0.4) is 0 Å². The van der Waals surface area contributed by atoms with Crippen LogP contribution in [0.1, 0.15) is 12.6 Å². The molecule has 0 atom stereocenters. The molecule has 30 heavy (non-hydrogen) atoms. The smallest absolute Gasteiger partial charge is 0.409 e. The Hall–Kier alpha value is -3.42. The predicted molar refractivity (Wildman–Crippen MR) is 113 cm³/mol. The van der Waals surface area contributed by atoms with E-state index < -0.39 is 0 Å². The van der Waals surface area contributed by atoms with Crippen molar-refractivity contribution in [3.63, 3.8) is 0 Å². The second-order valence-electron chi connectivity index (χ2n) is 7.23. The number of ether oxygens (including phenoxy) is 1. The van der Waals surface area contributed by atoms with Gasteiger partial charge in [0.05, 0.1) is 12.3 Å². The lowest BCUT2D eigenvalue weighted by Gasteiger charge is -2.34. The zero-order valence-corrected chi connectivity index (χ0v) is 17.2. The van der Waals surface area contributed by atoms with Crippen LogP contribution < -0.4 is 0 Å². The van der Waals surface area contributed by atoms with Gasteiger partial charge in [0.25, 0.3) is 0 Å². The largest absolute Gasteiger partial charge is 0.450 e. The summed E-state index contributed by atoms with van der Waals surface area (Å²) in [6.45, 7) is 6.11. The summed E-state index contributed by atoms with van der Waals surface area (Å²) in [5.74, 6) is -0.0326. The summed E-state index contributed by atoms with van der Waals surface area (Å²) in [6, 6.07) is 12.1. The first kappa shape index (κ1) is 19.9. The molecule has 0 N–H and O–H groups in total. The first-order chi connectivity index (χ1) is 14.6. The number of aryl methyl sites for hydroxylation is 1. The summed E-state index contributed by atoms with van der Waals surface area (Å²) in [7, 11) is 0. The summed E-state index contributed by atoms with van der Waals surface area (Å²) in [6.07, 6.45) is 1.43. The third kappa shape index (κ3) is 3.85. The zero-order valence-electron chi connectivity index (χ0n) is 17.2. The van der Waals surface area contributed by atoms with Crippen molar-refractivity contribution in [3.05, 3.63) is 48.3 Å². The highest BCUT2D eigenvalue weighted by Gasteiger charge is 2.26. The first-order valence-electron chi connectivity index (χ1n) is 10.2. The van der Waals surface area contributed by atoms with Gasteiger partial charge in [-0.15, -0.1) is 0 Å². The van der Waals surface area contributed by atoms with Crippen molar-refractivity contribution >= 4 is 23.0 Å². The maximum absolute atomic E-state index is 12.9. The van der Waals surface area contributed by atoms with E-state index >= 15 is 0 Å². The Labute approximate surface area is 175 Å². The molecule has 0 saturated carbocycles. The average Bonchev–Trinajstić information content (AvgIpc) is 3.10. The molecule has 2 aromatic heterocycles. The number of hydrogen-bond acceptors (Lipinski definition) is 5. The summed E-state index contributed by atoms with van der Waals surface area (Å²) < 4.78 is 6.71. The van der Waals surface area contributed by atoms with Gasteiger partial charge in [-0.1, -0.05) is 30.3 Å². The number of pyridine rings is 1. The Morgan fingerprint density at radius 3 is 2.43 bits per heavy atom. The molecule has 0 unspecified atom stereocenters. The molecule has 156 valence electrons. The van der Waals surface area contributed by atoms with Crippen molar-refractivity contribution in [2.75, 3.05) is 32.8 Å². The van der Waals surface area contributed by atoms with E-state index in [0.29, 0.717) is 38.4 Å². The number of benzene rings is 1. The van der Waals surface area contributed by atoms with E-state index in [1.807, 2.05) is 31.2 Å². The van der Waals surface area contributed by atoms with E-state index in [0.717, 1.165) is 22.2 Å². The fraction of sp³-hybridized carbons (Fsp3) is 0.364. The molecule has 0 spiro atoms. The van der Waals surface area contributed by atoms with Gasteiger partial charge in [0.2, 0.25) is 5.91 Å². The fourth-order valence-corrected chi connectivity index (χ4v) is 3.83. The van der Waals surface area contributed by atoms with E-state index in [1.165, 1.54) is 0 Å². The quantitative estimate of drug-likeness (QED) is 0.664. The van der Waals surface area contributed by atoms with Crippen molar-refractivity contribution in [3.8, 4) is 11.1 Å². The molecule has 3 aromatic rings. The molecule has 8 heteroatoms. The van der Waals surface area contributed by atoms with Crippen molar-refractivity contribution in [1.82, 2.24) is 24.6 Å². The molecule has 2 amide bonds. The summed E-state index contributed by atoms with van der Waals surface area (Å²) in [5, 5.41) is 5.56. The van der Waals surface area contributed by atoms with Gasteiger partial charge in [-0.3, -0.25) is 4.79 Å². The lowest BCUT2D eigenvalue weighted by atomic mass is 10.0. The van der Waals surface area contributed by atoms with Crippen LogP contribution in [-0.2, 0) is 16.1 Å². The van der Waals surface area contributed by atoms with Crippen LogP contribution in [0.15, 0.2) is 42.6 Å². The van der Waals surface area contributed by atoms with Crippen LogP contribution in [-0.4, -0.2) is 69.4 Å². The Balaban J connectivity index is 1.51. The van der Waals surface area contributed by atoms with E-state index in [9.17, 15) is 9.59 Å². The molecule has 1 aromatic carbocycles. The van der Waals surface area contributed by atoms with Crippen LogP contribution >= 0.6 is 0 Å². The zero-order chi connectivity index (χ0) is 21.1. The van der Waals surface area contributed by atoms with Crippen LogP contribution in [0.2, 0.25) is 0 Å². The first-order valence-corrected chi connectivity index (χ1v) is 10.2. The molecule has 3 heterocycles. The van der Waals surface area contributed by atoms with Crippen LogP contribution in [0.25, 0.3) is 22.2 Å². The number of carbonyl (C=O) groups is 2. The maximum Gasteiger partial charge on any atom is 0.409 e. The standard InChI is InChI=1S/C22H25N5O3/c1-3-30-22(29)26-13-11-25(12-14-26)19(28)15-27-21-20(16(2)24-27)18(9-10-23-21)17-7-5-4-6-8-17/h4-10H,3,11-15H2,1-2H3. The van der Waals surface area contributed by atoms with Crippen molar-refractivity contribution < 1.29 is 14.3 Å². The number of piperazine rings is 1. The van der Waals surface area contributed by atoms with Crippen molar-refractivity contribution in [2.45, 2.75) is 20.4 Å². The number of aromatic nitrogens is 3. The molecule has 8 nitrogen and oxygen atoms in total. The summed E-state index contributed by atoms with van der Waals surface area (Å²) >= 11 is 0. The summed E-state index contributed by atoms with van der Waals surface area (Å²) in [5.41, 5.74) is 3.69. The van der Waals surface area contributed by atoms with Gasteiger partial charge in [0, 0.05) is 37.8 Å². The number of fused-ring (bicyclic) bond motifs is 1. The topological polar surface area (TPSA) is 80.6 Å². The molecule has 0 radical (unpaired) electrons. The van der Waals surface area contributed by atoms with Gasteiger partial charge in [-0.05, 0) is 31.0 Å². The second-order valence-corrected chi connectivity index (χ2v) is 7.23. The van der Waals surface area contributed by atoms with Crippen LogP contribution in [0.5, 0.6) is 0 Å². The van der Waals surface area contributed by atoms with Gasteiger partial charge in [0.1, 0.15) is 6.54 Å². The second kappa shape index (κ2) is 8.52. The molecule has 1 aliphatic heterocycles. The Kier molecular flexibility index (Phi) is 5.65. The highest BCUT2D eigenvalue weighted by atomic mass is 16.6. The number of carbonyl (C=O) groups excluding carboxylic acids is 2. The predicted octanol–water partition coefficient (Wildman–Crippen LogP) is 2.71. The lowest BCUT2D eigenvalue weighted by Crippen LogP contribution is -2.51. The molecular weight excluding hydrogens is 382 g/mol. The number of amides is 2. The van der Waals surface area contributed by atoms with Crippen molar-refractivity contribution in [1.29, 1.82) is 0 Å². The highest BCUT2D eigenvalue weighted by molar-refractivity contribution is 5.95. The third-order valence-corrected chi connectivity index (χ3v) is 5.34. The molecule has 1 saturated heterocycles. The number of nitrogens with zero attached hydrogens (tertiary/aromatic N) is 5. The van der Waals surface area contributed by atoms with E-state index in [1.54, 1.807) is 27.6 Å².